The Balaban J connectivity index is 2.21. The quantitative estimate of drug-likeness (QED) is 0.730. The molecule has 0 bridgehead atoms. The average Bonchev–Trinajstić information content (AvgIpc) is 2.63. The molecule has 6 heteroatoms. The molecule has 0 spiro atoms. The second kappa shape index (κ2) is 9.04. The molecule has 1 amide bonds. The first-order valence-electron chi connectivity index (χ1n) is 9.28. The molecule has 1 N–H and O–H groups in total. The highest BCUT2D eigenvalue weighted by atomic mass is 32.2. The fraction of sp³-hybridized carbons (Fsp3) is 0.381. The molecule has 2 aromatic rings. The van der Waals surface area contributed by atoms with Crippen LogP contribution in [0.5, 0.6) is 0 Å². The van der Waals surface area contributed by atoms with Gasteiger partial charge in [-0.3, -0.25) is 9.52 Å². The lowest BCUT2D eigenvalue weighted by molar-refractivity contribution is 0.0755. The molecular formula is C21H28N2O3S. The Morgan fingerprint density at radius 1 is 0.963 bits per heavy atom. The lowest BCUT2D eigenvalue weighted by Gasteiger charge is -2.21. The topological polar surface area (TPSA) is 66.5 Å². The van der Waals surface area contributed by atoms with E-state index in [2.05, 4.69) is 4.72 Å². The summed E-state index contributed by atoms with van der Waals surface area (Å²) in [7, 11) is -3.71. The normalized spacial score (nSPS) is 11.3. The number of hydrogen-bond acceptors (Lipinski definition) is 3. The van der Waals surface area contributed by atoms with Crippen LogP contribution in [0.3, 0.4) is 0 Å². The molecule has 0 atom stereocenters. The standard InChI is InChI=1S/C21H28N2O3S/c1-5-13-23(14-6-2)21(24)18-8-10-19(11-9-18)27(25,26)22-20-12-7-16(3)15-17(20)4/h7-12,15,22H,5-6,13-14H2,1-4H3. The first-order valence-corrected chi connectivity index (χ1v) is 10.8. The van der Waals surface area contributed by atoms with Gasteiger partial charge in [-0.15, -0.1) is 0 Å². The van der Waals surface area contributed by atoms with Crippen molar-refractivity contribution in [3.05, 3.63) is 59.2 Å². The van der Waals surface area contributed by atoms with E-state index in [0.29, 0.717) is 24.3 Å². The summed E-state index contributed by atoms with van der Waals surface area (Å²) < 4.78 is 27.9. The zero-order valence-corrected chi connectivity index (χ0v) is 17.3. The highest BCUT2D eigenvalue weighted by Gasteiger charge is 2.18. The number of hydrogen-bond donors (Lipinski definition) is 1. The third-order valence-corrected chi connectivity index (χ3v) is 5.69. The van der Waals surface area contributed by atoms with E-state index in [1.165, 1.54) is 12.1 Å². The van der Waals surface area contributed by atoms with Gasteiger partial charge in [0, 0.05) is 18.7 Å². The molecule has 0 unspecified atom stereocenters. The summed E-state index contributed by atoms with van der Waals surface area (Å²) in [6.45, 7) is 9.28. The van der Waals surface area contributed by atoms with Crippen molar-refractivity contribution in [1.82, 2.24) is 4.90 Å². The van der Waals surface area contributed by atoms with Crippen molar-refractivity contribution in [2.75, 3.05) is 17.8 Å². The predicted molar refractivity (Wildman–Crippen MR) is 110 cm³/mol. The maximum Gasteiger partial charge on any atom is 0.261 e. The van der Waals surface area contributed by atoms with E-state index in [9.17, 15) is 13.2 Å². The lowest BCUT2D eigenvalue weighted by atomic mass is 10.1. The largest absolute Gasteiger partial charge is 0.339 e. The molecule has 0 aliphatic carbocycles. The lowest BCUT2D eigenvalue weighted by Crippen LogP contribution is -2.32. The van der Waals surface area contributed by atoms with Crippen LogP contribution in [-0.2, 0) is 10.0 Å². The molecule has 0 aromatic heterocycles. The third-order valence-electron chi connectivity index (χ3n) is 4.31. The van der Waals surface area contributed by atoms with Crippen LogP contribution in [0.25, 0.3) is 0 Å². The minimum absolute atomic E-state index is 0.0648. The van der Waals surface area contributed by atoms with Gasteiger partial charge in [-0.2, -0.15) is 0 Å². The number of benzene rings is 2. The van der Waals surface area contributed by atoms with Gasteiger partial charge in [-0.05, 0) is 62.6 Å². The fourth-order valence-corrected chi connectivity index (χ4v) is 4.08. The van der Waals surface area contributed by atoms with Crippen molar-refractivity contribution in [2.24, 2.45) is 0 Å². The van der Waals surface area contributed by atoms with E-state index >= 15 is 0 Å². The van der Waals surface area contributed by atoms with Crippen molar-refractivity contribution in [3.63, 3.8) is 0 Å². The molecule has 0 heterocycles. The summed E-state index contributed by atoms with van der Waals surface area (Å²) in [6, 6.07) is 11.7. The number of anilines is 1. The molecule has 0 aliphatic rings. The monoisotopic (exact) mass is 388 g/mol. The van der Waals surface area contributed by atoms with E-state index in [1.54, 1.807) is 23.1 Å². The molecule has 27 heavy (non-hydrogen) atoms. The number of sulfonamides is 1. The molecule has 5 nitrogen and oxygen atoms in total. The van der Waals surface area contributed by atoms with Gasteiger partial charge in [0.25, 0.3) is 15.9 Å². The van der Waals surface area contributed by atoms with Crippen LogP contribution >= 0.6 is 0 Å². The number of carbonyl (C=O) groups is 1. The van der Waals surface area contributed by atoms with Crippen molar-refractivity contribution >= 4 is 21.6 Å². The Labute approximate surface area is 162 Å². The van der Waals surface area contributed by atoms with E-state index in [-0.39, 0.29) is 10.8 Å². The highest BCUT2D eigenvalue weighted by molar-refractivity contribution is 7.92. The summed E-state index contributed by atoms with van der Waals surface area (Å²) in [6.07, 6.45) is 1.77. The Morgan fingerprint density at radius 2 is 1.56 bits per heavy atom. The maximum atomic E-state index is 12.7. The second-order valence-electron chi connectivity index (χ2n) is 6.74. The van der Waals surface area contributed by atoms with Gasteiger partial charge >= 0.3 is 0 Å². The van der Waals surface area contributed by atoms with Crippen LogP contribution in [0.2, 0.25) is 0 Å². The van der Waals surface area contributed by atoms with Crippen molar-refractivity contribution < 1.29 is 13.2 Å². The number of aryl methyl sites for hydroxylation is 2. The van der Waals surface area contributed by atoms with Crippen molar-refractivity contribution in [3.8, 4) is 0 Å². The van der Waals surface area contributed by atoms with Gasteiger partial charge in [0.2, 0.25) is 0 Å². The van der Waals surface area contributed by atoms with Gasteiger partial charge in [-0.1, -0.05) is 31.5 Å². The zero-order valence-electron chi connectivity index (χ0n) is 16.5. The van der Waals surface area contributed by atoms with E-state index < -0.39 is 10.0 Å². The van der Waals surface area contributed by atoms with Gasteiger partial charge < -0.3 is 4.90 Å². The van der Waals surface area contributed by atoms with Crippen LogP contribution in [0.15, 0.2) is 47.4 Å². The molecule has 146 valence electrons. The Bertz CT molecular complexity index is 884. The van der Waals surface area contributed by atoms with Crippen molar-refractivity contribution in [2.45, 2.75) is 45.4 Å². The van der Waals surface area contributed by atoms with Gasteiger partial charge in [0.05, 0.1) is 10.6 Å². The zero-order chi connectivity index (χ0) is 20.0. The number of nitrogens with one attached hydrogen (secondary N) is 1. The predicted octanol–water partition coefficient (Wildman–Crippen LogP) is 4.37. The second-order valence-corrected chi connectivity index (χ2v) is 8.42. The number of rotatable bonds is 8. The summed E-state index contributed by atoms with van der Waals surface area (Å²) in [5.41, 5.74) is 2.99. The molecule has 2 aromatic carbocycles. The molecule has 0 saturated carbocycles. The van der Waals surface area contributed by atoms with Crippen LogP contribution in [-0.4, -0.2) is 32.3 Å². The summed E-state index contributed by atoms with van der Waals surface area (Å²) in [5, 5.41) is 0. The third kappa shape index (κ3) is 5.32. The van der Waals surface area contributed by atoms with E-state index in [1.807, 2.05) is 39.8 Å². The van der Waals surface area contributed by atoms with E-state index in [0.717, 1.165) is 24.0 Å². The molecule has 0 fully saturated rings. The first-order chi connectivity index (χ1) is 12.8. The van der Waals surface area contributed by atoms with Gasteiger partial charge in [0.15, 0.2) is 0 Å². The Kier molecular flexibility index (Phi) is 7.02. The Hall–Kier alpha value is -2.34. The molecule has 0 aliphatic heterocycles. The Morgan fingerprint density at radius 3 is 2.07 bits per heavy atom. The summed E-state index contributed by atoms with van der Waals surface area (Å²) in [5.74, 6) is -0.0648. The number of carbonyl (C=O) groups excluding carboxylic acids is 1. The highest BCUT2D eigenvalue weighted by Crippen LogP contribution is 2.21. The summed E-state index contributed by atoms with van der Waals surface area (Å²) >= 11 is 0. The van der Waals surface area contributed by atoms with Crippen LogP contribution in [0, 0.1) is 13.8 Å². The van der Waals surface area contributed by atoms with Crippen molar-refractivity contribution in [1.29, 1.82) is 0 Å². The molecular weight excluding hydrogens is 360 g/mol. The molecule has 2 rings (SSSR count). The van der Waals surface area contributed by atoms with Gasteiger partial charge in [-0.25, -0.2) is 8.42 Å². The number of amides is 1. The van der Waals surface area contributed by atoms with Crippen LogP contribution in [0.1, 0.15) is 48.2 Å². The number of nitrogens with zero attached hydrogens (tertiary/aromatic N) is 1. The van der Waals surface area contributed by atoms with Crippen LogP contribution < -0.4 is 4.72 Å². The molecule has 0 radical (unpaired) electrons. The average molecular weight is 389 g/mol. The minimum atomic E-state index is -3.71. The minimum Gasteiger partial charge on any atom is -0.339 e. The smallest absolute Gasteiger partial charge is 0.261 e. The van der Waals surface area contributed by atoms with E-state index in [4.69, 9.17) is 0 Å². The molecule has 0 saturated heterocycles. The SMILES string of the molecule is CCCN(CCC)C(=O)c1ccc(S(=O)(=O)Nc2ccc(C)cc2C)cc1. The van der Waals surface area contributed by atoms with Crippen LogP contribution in [0.4, 0.5) is 5.69 Å². The fourth-order valence-electron chi connectivity index (χ4n) is 2.95. The summed E-state index contributed by atoms with van der Waals surface area (Å²) in [4.78, 5) is 14.6. The maximum absolute atomic E-state index is 12.7. The first kappa shape index (κ1) is 21.0. The van der Waals surface area contributed by atoms with Gasteiger partial charge in [0.1, 0.15) is 0 Å².